The van der Waals surface area contributed by atoms with Gasteiger partial charge in [-0.05, 0) is 75.3 Å². The van der Waals surface area contributed by atoms with Crippen LogP contribution in [-0.2, 0) is 20.9 Å². The molecule has 2 unspecified atom stereocenters. The van der Waals surface area contributed by atoms with Gasteiger partial charge in [-0.25, -0.2) is 27.8 Å². The summed E-state index contributed by atoms with van der Waals surface area (Å²) in [7, 11) is 0. The van der Waals surface area contributed by atoms with Gasteiger partial charge < -0.3 is 34.2 Å². The molecule has 2 amide bonds. The molecule has 18 heteroatoms. The molecule has 15 nitrogen and oxygen atoms in total. The van der Waals surface area contributed by atoms with E-state index >= 15 is 13.6 Å². The second-order valence-corrected chi connectivity index (χ2v) is 17.6. The summed E-state index contributed by atoms with van der Waals surface area (Å²) in [5, 5.41) is 8.63. The van der Waals surface area contributed by atoms with E-state index in [4.69, 9.17) is 24.7 Å². The first-order valence-electron chi connectivity index (χ1n) is 21.5. The van der Waals surface area contributed by atoms with Crippen LogP contribution in [0.25, 0.3) is 39.0 Å². The summed E-state index contributed by atoms with van der Waals surface area (Å²) in [6.45, 7) is 5.12. The first-order chi connectivity index (χ1) is 30.1. The lowest BCUT2D eigenvalue weighted by Gasteiger charge is -2.55. The molecule has 5 saturated heterocycles. The molecule has 6 fully saturated rings. The van der Waals surface area contributed by atoms with E-state index in [1.54, 1.807) is 6.20 Å². The molecule has 4 aromatic heterocycles. The van der Waals surface area contributed by atoms with Crippen LogP contribution in [0.5, 0.6) is 0 Å². The Bertz CT molecular complexity index is 2850. The van der Waals surface area contributed by atoms with E-state index in [1.807, 2.05) is 49.3 Å². The number of rotatable bonds is 5. The van der Waals surface area contributed by atoms with Crippen molar-refractivity contribution < 1.29 is 31.8 Å². The SMILES string of the molecule is Cc1nc2cc(F)cc3c2n1C[C@H]1CN(CCCO1)C(=O)[C@@H]1CC(CN1c1nc(N2C4C[C@@H]2C(=O)N(CC2CC2)C4)nc2c1cnn2-c1ccc(F)cc1F)Nc1cccc-3n1.[HH].[HH].[HH]. The van der Waals surface area contributed by atoms with Crippen molar-refractivity contribution in [2.75, 3.05) is 54.4 Å². The van der Waals surface area contributed by atoms with E-state index in [1.165, 1.54) is 28.9 Å². The number of nitrogens with one attached hydrogen (secondary N) is 1. The van der Waals surface area contributed by atoms with Crippen LogP contribution in [0, 0.1) is 30.3 Å². The standard InChI is InChI=1S/C44H43F3N12O3.3H2/c1-23-49-34-14-26(46)12-30-33-4-2-5-38(51-33)50-27-15-36(42(60)54-10-3-11-62-29(21-54)22-56(23)39(30)34)57(19-27)40-31-17-48-59(35-9-8-25(45)13-32(35)47)41(31)53-44(52-40)58-28-16-37(58)43(61)55(20-28)18-24-6-7-24;;;/h2,4-5,8-9,12-14,17,24,27-29,36-37H,3,6-7,10-11,15-16,18-22H2,1H3,(H,50,51);3*1H/t27?,28?,29-,36+,37-;;;/m1.../s1. The Balaban J connectivity index is 0.00000178. The van der Waals surface area contributed by atoms with Gasteiger partial charge in [0.25, 0.3) is 0 Å². The van der Waals surface area contributed by atoms with Gasteiger partial charge in [0.05, 0.1) is 47.0 Å². The van der Waals surface area contributed by atoms with E-state index in [0.717, 1.165) is 31.0 Å². The minimum absolute atomic E-state index is 0. The fourth-order valence-corrected chi connectivity index (χ4v) is 10.3. The number of imidazole rings is 1. The first-order valence-corrected chi connectivity index (χ1v) is 21.5. The zero-order valence-electron chi connectivity index (χ0n) is 33.9. The second-order valence-electron chi connectivity index (χ2n) is 17.6. The van der Waals surface area contributed by atoms with Gasteiger partial charge in [0.2, 0.25) is 17.8 Å². The van der Waals surface area contributed by atoms with E-state index in [2.05, 4.69) is 10.4 Å². The summed E-state index contributed by atoms with van der Waals surface area (Å²) in [6.07, 6.45) is 5.11. The van der Waals surface area contributed by atoms with Crippen LogP contribution in [0.15, 0.2) is 54.7 Å². The molecule has 6 aromatic rings. The lowest BCUT2D eigenvalue weighted by molar-refractivity contribution is -0.140. The van der Waals surface area contributed by atoms with E-state index in [0.29, 0.717) is 104 Å². The summed E-state index contributed by atoms with van der Waals surface area (Å²) in [5.41, 5.74) is 2.68. The number of benzene rings is 2. The van der Waals surface area contributed by atoms with E-state index < -0.39 is 35.6 Å². The lowest BCUT2D eigenvalue weighted by atomic mass is 9.87. The molecule has 0 radical (unpaired) electrons. The molecule has 10 heterocycles. The number of hydrogen-bond acceptors (Lipinski definition) is 11. The van der Waals surface area contributed by atoms with Crippen LogP contribution < -0.4 is 15.1 Å². The van der Waals surface area contributed by atoms with Crippen LogP contribution in [0.4, 0.5) is 30.8 Å². The number of fused-ring (bicyclic) bond motifs is 10. The van der Waals surface area contributed by atoms with Crippen molar-refractivity contribution in [3.05, 3.63) is 78.0 Å². The minimum Gasteiger partial charge on any atom is -0.374 e. The molecule has 1 saturated carbocycles. The Morgan fingerprint density at radius 2 is 1.79 bits per heavy atom. The number of piperidine rings is 1. The molecule has 62 heavy (non-hydrogen) atoms. The second kappa shape index (κ2) is 14.1. The van der Waals surface area contributed by atoms with Crippen molar-refractivity contribution in [1.29, 1.82) is 0 Å². The maximum absolute atomic E-state index is 15.5. The highest BCUT2D eigenvalue weighted by Crippen LogP contribution is 2.42. The molecule has 1 N–H and O–H groups in total. The van der Waals surface area contributed by atoms with Gasteiger partial charge in [-0.15, -0.1) is 0 Å². The van der Waals surface area contributed by atoms with Crippen LogP contribution in [0.1, 0.15) is 42.2 Å². The third-order valence-electron chi connectivity index (χ3n) is 13.5. The van der Waals surface area contributed by atoms with Crippen molar-refractivity contribution >= 4 is 51.5 Å². The average Bonchev–Trinajstić information content (AvgIpc) is 3.78. The van der Waals surface area contributed by atoms with Crippen molar-refractivity contribution in [2.45, 2.75) is 75.8 Å². The number of amides is 2. The van der Waals surface area contributed by atoms with Crippen molar-refractivity contribution in [1.82, 2.24) is 44.1 Å². The van der Waals surface area contributed by atoms with Crippen LogP contribution in [0.2, 0.25) is 0 Å². The van der Waals surface area contributed by atoms with Crippen LogP contribution >= 0.6 is 0 Å². The van der Waals surface area contributed by atoms with Gasteiger partial charge in [-0.3, -0.25) is 9.59 Å². The fourth-order valence-electron chi connectivity index (χ4n) is 10.3. The predicted octanol–water partition coefficient (Wildman–Crippen LogP) is 5.58. The topological polar surface area (TPSA) is 143 Å². The third kappa shape index (κ3) is 6.15. The molecule has 7 aliphatic rings. The molecule has 1 aliphatic carbocycles. The Hall–Kier alpha value is -6.30. The maximum Gasteiger partial charge on any atom is 0.245 e. The lowest BCUT2D eigenvalue weighted by Crippen LogP contribution is -2.72. The van der Waals surface area contributed by atoms with Crippen molar-refractivity contribution in [3.8, 4) is 16.9 Å². The maximum atomic E-state index is 15.5. The van der Waals surface area contributed by atoms with E-state index in [-0.39, 0.29) is 45.5 Å². The van der Waals surface area contributed by atoms with Gasteiger partial charge in [0.1, 0.15) is 46.9 Å². The Kier molecular flexibility index (Phi) is 8.53. The zero-order chi connectivity index (χ0) is 42.0. The number of carbonyl (C=O) groups excluding carboxylic acids is 2. The van der Waals surface area contributed by atoms with Crippen molar-refractivity contribution in [2.24, 2.45) is 5.92 Å². The Labute approximate surface area is 357 Å². The number of aryl methyl sites for hydroxylation is 1. The minimum atomic E-state index is -0.820. The number of piperazine rings is 1. The van der Waals surface area contributed by atoms with Gasteiger partial charge in [0.15, 0.2) is 11.5 Å². The number of anilines is 3. The molecule has 6 aliphatic heterocycles. The quantitative estimate of drug-likeness (QED) is 0.232. The molecule has 13 rings (SSSR count). The smallest absolute Gasteiger partial charge is 0.245 e. The Morgan fingerprint density at radius 3 is 2.63 bits per heavy atom. The summed E-state index contributed by atoms with van der Waals surface area (Å²) >= 11 is 0. The third-order valence-corrected chi connectivity index (χ3v) is 13.5. The van der Waals surface area contributed by atoms with Crippen molar-refractivity contribution in [3.63, 3.8) is 0 Å². The molecule has 2 aromatic carbocycles. The number of ether oxygens (including phenoxy) is 1. The first kappa shape index (κ1) is 37.5. The van der Waals surface area contributed by atoms with Crippen LogP contribution in [-0.4, -0.2) is 125 Å². The van der Waals surface area contributed by atoms with Gasteiger partial charge in [-0.1, -0.05) is 6.07 Å². The zero-order valence-corrected chi connectivity index (χ0v) is 33.9. The fraction of sp³-hybridized carbons (Fsp3) is 0.432. The largest absolute Gasteiger partial charge is 0.374 e. The molecule has 0 spiro atoms. The number of pyridine rings is 1. The summed E-state index contributed by atoms with van der Waals surface area (Å²) in [4.78, 5) is 56.7. The molecular weight excluding hydrogens is 802 g/mol. The average molecular weight is 851 g/mol. The molecular formula is C44H49F3N12O3. The number of hydrogen-bond donors (Lipinski definition) is 1. The number of nitrogens with zero attached hydrogens (tertiary/aromatic N) is 11. The highest BCUT2D eigenvalue weighted by atomic mass is 19.1. The molecule has 5 atom stereocenters. The van der Waals surface area contributed by atoms with Gasteiger partial charge in [-0.2, -0.15) is 15.1 Å². The number of halogens is 3. The number of aromatic nitrogens is 7. The predicted molar refractivity (Wildman–Crippen MR) is 229 cm³/mol. The highest BCUT2D eigenvalue weighted by Gasteiger charge is 2.53. The molecule has 8 bridgehead atoms. The Morgan fingerprint density at radius 1 is 0.903 bits per heavy atom. The highest BCUT2D eigenvalue weighted by molar-refractivity contribution is 5.95. The van der Waals surface area contributed by atoms with Gasteiger partial charge in [0, 0.05) is 67.3 Å². The van der Waals surface area contributed by atoms with Crippen LogP contribution in [0.3, 0.4) is 0 Å². The van der Waals surface area contributed by atoms with E-state index in [9.17, 15) is 9.18 Å². The summed E-state index contributed by atoms with van der Waals surface area (Å²) in [5.74, 6) is 0.455. The molecule has 324 valence electrons. The summed E-state index contributed by atoms with van der Waals surface area (Å²) in [6, 6.07) is 10.3. The monoisotopic (exact) mass is 850 g/mol. The normalized spacial score (nSPS) is 24.9. The number of carbonyl (C=O) groups is 2. The van der Waals surface area contributed by atoms with Gasteiger partial charge >= 0.3 is 0 Å². The summed E-state index contributed by atoms with van der Waals surface area (Å²) < 4.78 is 54.7.